The topological polar surface area (TPSA) is 93.9 Å². The number of rotatable bonds is 7. The first kappa shape index (κ1) is 17.7. The summed E-state index contributed by atoms with van der Waals surface area (Å²) in [6.07, 6.45) is 2.27. The van der Waals surface area contributed by atoms with Gasteiger partial charge in [-0.1, -0.05) is 6.07 Å². The number of benzene rings is 1. The van der Waals surface area contributed by atoms with E-state index >= 15 is 0 Å². The summed E-state index contributed by atoms with van der Waals surface area (Å²) in [5.41, 5.74) is 1.33. The second-order valence-corrected chi connectivity index (χ2v) is 5.14. The number of nitro groups is 1. The van der Waals surface area contributed by atoms with E-state index in [2.05, 4.69) is 5.32 Å². The van der Waals surface area contributed by atoms with Gasteiger partial charge in [-0.05, 0) is 24.6 Å². The summed E-state index contributed by atoms with van der Waals surface area (Å²) in [6, 6.07) is 5.17. The molecule has 1 N–H and O–H groups in total. The molecule has 0 saturated carbocycles. The third-order valence-corrected chi connectivity index (χ3v) is 3.49. The molecule has 24 heavy (non-hydrogen) atoms. The lowest BCUT2D eigenvalue weighted by Gasteiger charge is -2.27. The minimum absolute atomic E-state index is 0.00178. The quantitative estimate of drug-likeness (QED) is 0.601. The number of nitrogens with one attached hydrogen (secondary N) is 1. The second-order valence-electron chi connectivity index (χ2n) is 5.14. The summed E-state index contributed by atoms with van der Waals surface area (Å²) in [5, 5.41) is 13.5. The third-order valence-electron chi connectivity index (χ3n) is 3.49. The van der Waals surface area contributed by atoms with Crippen LogP contribution in [-0.2, 0) is 9.53 Å². The molecule has 1 aliphatic rings. The van der Waals surface area contributed by atoms with Gasteiger partial charge in [0.25, 0.3) is 0 Å². The van der Waals surface area contributed by atoms with Crippen LogP contribution < -0.4 is 10.1 Å². The molecule has 0 spiro atoms. The van der Waals surface area contributed by atoms with Crippen LogP contribution in [0.4, 0.5) is 5.69 Å². The van der Waals surface area contributed by atoms with Crippen LogP contribution >= 0.6 is 0 Å². The SMILES string of the molecule is CCOc1cc(/C=C/[N+](=O)[O-])ccc1NCC(=O)N1CCOCC1. The summed E-state index contributed by atoms with van der Waals surface area (Å²) in [5.74, 6) is 0.552. The minimum atomic E-state index is -0.520. The molecule has 1 heterocycles. The van der Waals surface area contributed by atoms with E-state index in [1.165, 1.54) is 6.08 Å². The van der Waals surface area contributed by atoms with Crippen molar-refractivity contribution in [2.75, 3.05) is 44.8 Å². The molecule has 0 radical (unpaired) electrons. The number of carbonyl (C=O) groups is 1. The maximum atomic E-state index is 12.2. The number of anilines is 1. The highest BCUT2D eigenvalue weighted by molar-refractivity contribution is 5.81. The van der Waals surface area contributed by atoms with Crippen molar-refractivity contribution in [2.45, 2.75) is 6.92 Å². The third kappa shape index (κ3) is 5.24. The maximum Gasteiger partial charge on any atom is 0.242 e. The molecule has 0 aliphatic carbocycles. The van der Waals surface area contributed by atoms with Crippen LogP contribution in [-0.4, -0.2) is 55.2 Å². The average Bonchev–Trinajstić information content (AvgIpc) is 2.60. The molecule has 2 rings (SSSR count). The van der Waals surface area contributed by atoms with E-state index in [9.17, 15) is 14.9 Å². The Morgan fingerprint density at radius 2 is 2.21 bits per heavy atom. The van der Waals surface area contributed by atoms with Crippen LogP contribution in [0.1, 0.15) is 12.5 Å². The zero-order chi connectivity index (χ0) is 17.4. The van der Waals surface area contributed by atoms with Gasteiger partial charge in [0.2, 0.25) is 12.1 Å². The number of carbonyl (C=O) groups excluding carboxylic acids is 1. The van der Waals surface area contributed by atoms with Gasteiger partial charge >= 0.3 is 0 Å². The molecule has 0 aromatic heterocycles. The fourth-order valence-electron chi connectivity index (χ4n) is 2.31. The smallest absolute Gasteiger partial charge is 0.242 e. The summed E-state index contributed by atoms with van der Waals surface area (Å²) in [7, 11) is 0. The molecular weight excluding hydrogens is 314 g/mol. The van der Waals surface area contributed by atoms with Crippen LogP contribution in [0.25, 0.3) is 6.08 Å². The lowest BCUT2D eigenvalue weighted by atomic mass is 10.2. The molecule has 130 valence electrons. The standard InChI is InChI=1S/C16H21N3O5/c1-2-24-15-11-13(5-6-19(21)22)3-4-14(15)17-12-16(20)18-7-9-23-10-8-18/h3-6,11,17H,2,7-10,12H2,1H3/b6-5+. The first-order valence-corrected chi connectivity index (χ1v) is 7.78. The summed E-state index contributed by atoms with van der Waals surface area (Å²) < 4.78 is 10.8. The van der Waals surface area contributed by atoms with E-state index in [4.69, 9.17) is 9.47 Å². The molecule has 1 saturated heterocycles. The van der Waals surface area contributed by atoms with Gasteiger partial charge in [-0.25, -0.2) is 0 Å². The molecule has 8 nitrogen and oxygen atoms in total. The summed E-state index contributed by atoms with van der Waals surface area (Å²) in [4.78, 5) is 23.8. The highest BCUT2D eigenvalue weighted by atomic mass is 16.6. The Labute approximate surface area is 140 Å². The summed E-state index contributed by atoms with van der Waals surface area (Å²) in [6.45, 7) is 4.79. The lowest BCUT2D eigenvalue weighted by molar-refractivity contribution is -0.400. The number of ether oxygens (including phenoxy) is 2. The first-order chi connectivity index (χ1) is 11.6. The Hall–Kier alpha value is -2.61. The van der Waals surface area contributed by atoms with E-state index in [1.807, 2.05) is 6.92 Å². The van der Waals surface area contributed by atoms with Gasteiger partial charge in [0.05, 0.1) is 37.0 Å². The molecule has 0 unspecified atom stereocenters. The van der Waals surface area contributed by atoms with Crippen molar-refractivity contribution in [3.8, 4) is 5.75 Å². The predicted octanol–water partition coefficient (Wildman–Crippen LogP) is 1.60. The van der Waals surface area contributed by atoms with E-state index < -0.39 is 4.92 Å². The predicted molar refractivity (Wildman–Crippen MR) is 89.5 cm³/mol. The van der Waals surface area contributed by atoms with Crippen LogP contribution in [0.5, 0.6) is 5.75 Å². The highest BCUT2D eigenvalue weighted by Crippen LogP contribution is 2.26. The van der Waals surface area contributed by atoms with Crippen molar-refractivity contribution in [2.24, 2.45) is 0 Å². The Morgan fingerprint density at radius 1 is 1.46 bits per heavy atom. The van der Waals surface area contributed by atoms with Crippen molar-refractivity contribution < 1.29 is 19.2 Å². The normalized spacial score (nSPS) is 14.6. The van der Waals surface area contributed by atoms with Crippen LogP contribution in [0.3, 0.4) is 0 Å². The fraction of sp³-hybridized carbons (Fsp3) is 0.438. The van der Waals surface area contributed by atoms with Gasteiger partial charge in [-0.15, -0.1) is 0 Å². The van der Waals surface area contributed by atoms with Crippen molar-refractivity contribution in [3.05, 3.63) is 40.1 Å². The zero-order valence-corrected chi connectivity index (χ0v) is 13.6. The lowest BCUT2D eigenvalue weighted by Crippen LogP contribution is -2.43. The zero-order valence-electron chi connectivity index (χ0n) is 13.6. The van der Waals surface area contributed by atoms with Crippen molar-refractivity contribution in [1.82, 2.24) is 4.90 Å². The van der Waals surface area contributed by atoms with Crippen molar-refractivity contribution >= 4 is 17.7 Å². The number of amides is 1. The van der Waals surface area contributed by atoms with Crippen molar-refractivity contribution in [3.63, 3.8) is 0 Å². The van der Waals surface area contributed by atoms with Crippen LogP contribution in [0.15, 0.2) is 24.4 Å². The largest absolute Gasteiger partial charge is 0.492 e. The molecule has 1 aliphatic heterocycles. The van der Waals surface area contributed by atoms with E-state index in [1.54, 1.807) is 23.1 Å². The molecule has 0 atom stereocenters. The van der Waals surface area contributed by atoms with Gasteiger partial charge in [-0.2, -0.15) is 0 Å². The first-order valence-electron chi connectivity index (χ1n) is 7.78. The Balaban J connectivity index is 2.02. The van der Waals surface area contributed by atoms with Crippen LogP contribution in [0, 0.1) is 10.1 Å². The number of nitrogens with zero attached hydrogens (tertiary/aromatic N) is 2. The summed E-state index contributed by atoms with van der Waals surface area (Å²) >= 11 is 0. The van der Waals surface area contributed by atoms with E-state index in [0.29, 0.717) is 49.9 Å². The van der Waals surface area contributed by atoms with Gasteiger partial charge in [0.1, 0.15) is 5.75 Å². The molecule has 1 aromatic rings. The molecule has 1 aromatic carbocycles. The van der Waals surface area contributed by atoms with E-state index in [0.717, 1.165) is 6.20 Å². The Morgan fingerprint density at radius 3 is 2.88 bits per heavy atom. The minimum Gasteiger partial charge on any atom is -0.492 e. The van der Waals surface area contributed by atoms with Gasteiger partial charge in [0.15, 0.2) is 0 Å². The van der Waals surface area contributed by atoms with Gasteiger partial charge < -0.3 is 19.7 Å². The maximum absolute atomic E-state index is 12.2. The van der Waals surface area contributed by atoms with E-state index in [-0.39, 0.29) is 12.5 Å². The molecule has 1 amide bonds. The number of hydrogen-bond acceptors (Lipinski definition) is 6. The Kier molecular flexibility index (Phi) is 6.56. The molecule has 8 heteroatoms. The Bertz CT molecular complexity index is 612. The molecular formula is C16H21N3O5. The van der Waals surface area contributed by atoms with Crippen molar-refractivity contribution in [1.29, 1.82) is 0 Å². The molecule has 0 bridgehead atoms. The van der Waals surface area contributed by atoms with Gasteiger partial charge in [-0.3, -0.25) is 14.9 Å². The average molecular weight is 335 g/mol. The number of hydrogen-bond donors (Lipinski definition) is 1. The fourth-order valence-corrected chi connectivity index (χ4v) is 2.31. The molecule has 1 fully saturated rings. The van der Waals surface area contributed by atoms with Crippen LogP contribution in [0.2, 0.25) is 0 Å². The monoisotopic (exact) mass is 335 g/mol. The highest BCUT2D eigenvalue weighted by Gasteiger charge is 2.17. The second kappa shape index (κ2) is 8.88. The number of morpholine rings is 1. The van der Waals surface area contributed by atoms with Gasteiger partial charge in [0, 0.05) is 19.2 Å².